The largest absolute Gasteiger partial charge is 0.396 e. The van der Waals surface area contributed by atoms with E-state index in [1.54, 1.807) is 6.20 Å². The van der Waals surface area contributed by atoms with Crippen molar-refractivity contribution in [3.8, 4) is 0 Å². The van der Waals surface area contributed by atoms with Crippen LogP contribution in [0.25, 0.3) is 10.9 Å². The van der Waals surface area contributed by atoms with Gasteiger partial charge in [0.05, 0.1) is 23.5 Å². The predicted molar refractivity (Wildman–Crippen MR) is 75.7 cm³/mol. The molecule has 0 amide bonds. The molecule has 3 N–H and O–H groups in total. The van der Waals surface area contributed by atoms with Crippen LogP contribution in [0.15, 0.2) is 30.5 Å². The van der Waals surface area contributed by atoms with E-state index in [1.165, 1.54) is 0 Å². The fourth-order valence-electron chi connectivity index (χ4n) is 2.18. The van der Waals surface area contributed by atoms with E-state index in [-0.39, 0.29) is 6.61 Å². The number of aliphatic hydroxyl groups excluding tert-OH is 1. The Hall–Kier alpha value is -1.81. The maximum absolute atomic E-state index is 9.13. The molecule has 0 aliphatic carbocycles. The molecule has 0 fully saturated rings. The average Bonchev–Trinajstić information content (AvgIpc) is 2.39. The maximum Gasteiger partial charge on any atom is 0.0724 e. The molecule has 2 aromatic rings. The Kier molecular flexibility index (Phi) is 3.99. The van der Waals surface area contributed by atoms with E-state index in [1.807, 2.05) is 24.3 Å². The van der Waals surface area contributed by atoms with Crippen LogP contribution in [0.4, 0.5) is 11.4 Å². The molecule has 4 nitrogen and oxygen atoms in total. The molecule has 0 saturated heterocycles. The fourth-order valence-corrected chi connectivity index (χ4v) is 2.18. The Morgan fingerprint density at radius 1 is 1.28 bits per heavy atom. The Morgan fingerprint density at radius 2 is 2.11 bits per heavy atom. The number of benzene rings is 1. The van der Waals surface area contributed by atoms with Crippen LogP contribution in [-0.2, 0) is 0 Å². The van der Waals surface area contributed by atoms with E-state index in [2.05, 4.69) is 16.8 Å². The summed E-state index contributed by atoms with van der Waals surface area (Å²) in [6, 6.07) is 7.82. The number of anilines is 2. The summed E-state index contributed by atoms with van der Waals surface area (Å²) in [6.07, 6.45) is 2.78. The Labute approximate surface area is 107 Å². The molecule has 2 rings (SSSR count). The van der Waals surface area contributed by atoms with Gasteiger partial charge >= 0.3 is 0 Å². The van der Waals surface area contributed by atoms with Crippen molar-refractivity contribution in [2.75, 3.05) is 30.3 Å². The smallest absolute Gasteiger partial charge is 0.0724 e. The van der Waals surface area contributed by atoms with E-state index in [0.717, 1.165) is 35.2 Å². The third-order valence-corrected chi connectivity index (χ3v) is 3.01. The second kappa shape index (κ2) is 5.69. The number of nitrogens with zero attached hydrogens (tertiary/aromatic N) is 2. The van der Waals surface area contributed by atoms with Gasteiger partial charge in [-0.1, -0.05) is 6.92 Å². The highest BCUT2D eigenvalue weighted by Crippen LogP contribution is 2.30. The Bertz CT molecular complexity index is 521. The number of fused-ring (bicyclic) bond motifs is 1. The lowest BCUT2D eigenvalue weighted by molar-refractivity contribution is 0.302. The summed E-state index contributed by atoms with van der Waals surface area (Å²) in [5, 5.41) is 10.1. The molecule has 0 spiro atoms. The minimum Gasteiger partial charge on any atom is -0.396 e. The van der Waals surface area contributed by atoms with E-state index < -0.39 is 0 Å². The minimum atomic E-state index is 0.129. The molecule has 0 aliphatic rings. The molecule has 0 atom stereocenters. The summed E-state index contributed by atoms with van der Waals surface area (Å²) in [4.78, 5) is 6.40. The summed E-state index contributed by atoms with van der Waals surface area (Å²) in [6.45, 7) is 3.73. The number of aliphatic hydroxyl groups is 1. The van der Waals surface area contributed by atoms with Crippen molar-refractivity contribution < 1.29 is 5.11 Å². The first-order valence-corrected chi connectivity index (χ1v) is 6.27. The van der Waals surface area contributed by atoms with E-state index >= 15 is 0 Å². The molecule has 0 bridgehead atoms. The van der Waals surface area contributed by atoms with Gasteiger partial charge in [0.1, 0.15) is 0 Å². The van der Waals surface area contributed by atoms with Crippen LogP contribution in [0.2, 0.25) is 0 Å². The quantitative estimate of drug-likeness (QED) is 0.791. The second-order valence-corrected chi connectivity index (χ2v) is 4.28. The van der Waals surface area contributed by atoms with Crippen molar-refractivity contribution in [3.05, 3.63) is 30.5 Å². The summed E-state index contributed by atoms with van der Waals surface area (Å²) in [5.74, 6) is 0. The van der Waals surface area contributed by atoms with E-state index in [0.29, 0.717) is 6.54 Å². The van der Waals surface area contributed by atoms with Crippen LogP contribution in [0.3, 0.4) is 0 Å². The van der Waals surface area contributed by atoms with Crippen LogP contribution in [0.1, 0.15) is 13.3 Å². The molecule has 1 heterocycles. The van der Waals surface area contributed by atoms with Gasteiger partial charge in [-0.05, 0) is 30.7 Å². The third-order valence-electron chi connectivity index (χ3n) is 3.01. The summed E-state index contributed by atoms with van der Waals surface area (Å²) < 4.78 is 0. The lowest BCUT2D eigenvalue weighted by Gasteiger charge is -2.25. The molecule has 18 heavy (non-hydrogen) atoms. The number of nitrogens with two attached hydrogens (primary N) is 1. The third kappa shape index (κ3) is 2.38. The van der Waals surface area contributed by atoms with E-state index in [9.17, 15) is 0 Å². The summed E-state index contributed by atoms with van der Waals surface area (Å²) in [5.41, 5.74) is 8.84. The van der Waals surface area contributed by atoms with Gasteiger partial charge in [-0.25, -0.2) is 0 Å². The van der Waals surface area contributed by atoms with Gasteiger partial charge in [-0.2, -0.15) is 0 Å². The van der Waals surface area contributed by atoms with Gasteiger partial charge in [0.15, 0.2) is 0 Å². The van der Waals surface area contributed by atoms with Crippen molar-refractivity contribution in [1.29, 1.82) is 0 Å². The summed E-state index contributed by atoms with van der Waals surface area (Å²) in [7, 11) is 0. The molecule has 0 radical (unpaired) electrons. The van der Waals surface area contributed by atoms with Gasteiger partial charge in [-0.3, -0.25) is 4.98 Å². The number of aromatic nitrogens is 1. The van der Waals surface area contributed by atoms with Gasteiger partial charge in [-0.15, -0.1) is 0 Å². The van der Waals surface area contributed by atoms with E-state index in [4.69, 9.17) is 10.8 Å². The number of hydrogen-bond donors (Lipinski definition) is 2. The molecular weight excluding hydrogens is 226 g/mol. The van der Waals surface area contributed by atoms with Crippen molar-refractivity contribution >= 4 is 22.3 Å². The number of hydrogen-bond acceptors (Lipinski definition) is 4. The van der Waals surface area contributed by atoms with Crippen molar-refractivity contribution in [2.45, 2.75) is 13.3 Å². The molecule has 0 aliphatic heterocycles. The molecule has 0 saturated carbocycles. The van der Waals surface area contributed by atoms with Crippen molar-refractivity contribution in [3.63, 3.8) is 0 Å². The molecule has 1 aromatic carbocycles. The average molecular weight is 245 g/mol. The van der Waals surface area contributed by atoms with Gasteiger partial charge in [0.2, 0.25) is 0 Å². The topological polar surface area (TPSA) is 62.4 Å². The number of nitrogen functional groups attached to an aromatic ring is 1. The molecule has 4 heteroatoms. The van der Waals surface area contributed by atoms with Gasteiger partial charge in [0, 0.05) is 24.7 Å². The zero-order chi connectivity index (χ0) is 13.0. The van der Waals surface area contributed by atoms with Crippen molar-refractivity contribution in [2.24, 2.45) is 0 Å². The second-order valence-electron chi connectivity index (χ2n) is 4.28. The highest BCUT2D eigenvalue weighted by molar-refractivity contribution is 5.97. The highest BCUT2D eigenvalue weighted by Gasteiger charge is 2.11. The fraction of sp³-hybridized carbons (Fsp3) is 0.357. The predicted octanol–water partition coefficient (Wildman–Crippen LogP) is 2.03. The highest BCUT2D eigenvalue weighted by atomic mass is 16.3. The standard InChI is InChI=1S/C14H19N3O/c1-2-8-17(9-10-18)13-6-5-12-11(14(13)15)4-3-7-16-12/h3-7,18H,2,8-10,15H2,1H3. The monoisotopic (exact) mass is 245 g/mol. The minimum absolute atomic E-state index is 0.129. The van der Waals surface area contributed by atoms with Crippen LogP contribution in [-0.4, -0.2) is 29.8 Å². The number of rotatable bonds is 5. The molecule has 0 unspecified atom stereocenters. The first kappa shape index (κ1) is 12.6. The first-order valence-electron chi connectivity index (χ1n) is 6.27. The number of pyridine rings is 1. The van der Waals surface area contributed by atoms with Crippen LogP contribution in [0.5, 0.6) is 0 Å². The zero-order valence-corrected chi connectivity index (χ0v) is 10.6. The maximum atomic E-state index is 9.13. The Balaban J connectivity index is 2.46. The van der Waals surface area contributed by atoms with Crippen LogP contribution >= 0.6 is 0 Å². The lowest BCUT2D eigenvalue weighted by atomic mass is 10.1. The normalized spacial score (nSPS) is 10.8. The summed E-state index contributed by atoms with van der Waals surface area (Å²) >= 11 is 0. The lowest BCUT2D eigenvalue weighted by Crippen LogP contribution is -2.28. The Morgan fingerprint density at radius 3 is 2.83 bits per heavy atom. The molecule has 1 aromatic heterocycles. The zero-order valence-electron chi connectivity index (χ0n) is 10.6. The van der Waals surface area contributed by atoms with Crippen LogP contribution in [0, 0.1) is 0 Å². The molecular formula is C14H19N3O. The first-order chi connectivity index (χ1) is 8.77. The SMILES string of the molecule is CCCN(CCO)c1ccc2ncccc2c1N. The van der Waals surface area contributed by atoms with Crippen molar-refractivity contribution in [1.82, 2.24) is 4.98 Å². The molecule has 96 valence electrons. The van der Waals surface area contributed by atoms with Crippen LogP contribution < -0.4 is 10.6 Å². The van der Waals surface area contributed by atoms with Gasteiger partial charge < -0.3 is 15.7 Å². The van der Waals surface area contributed by atoms with Gasteiger partial charge in [0.25, 0.3) is 0 Å².